The fourth-order valence-electron chi connectivity index (χ4n) is 2.10. The van der Waals surface area contributed by atoms with E-state index in [2.05, 4.69) is 10.3 Å². The topological polar surface area (TPSA) is 64.0 Å². The van der Waals surface area contributed by atoms with Gasteiger partial charge in [-0.1, -0.05) is 18.2 Å². The molecule has 0 fully saturated rings. The highest BCUT2D eigenvalue weighted by Crippen LogP contribution is 2.12. The van der Waals surface area contributed by atoms with E-state index in [4.69, 9.17) is 0 Å². The Morgan fingerprint density at radius 2 is 1.79 bits per heavy atom. The van der Waals surface area contributed by atoms with Crippen LogP contribution in [0, 0.1) is 11.6 Å². The minimum Gasteiger partial charge on any atom is -0.302 e. The summed E-state index contributed by atoms with van der Waals surface area (Å²) in [7, 11) is 0. The zero-order valence-corrected chi connectivity index (χ0v) is 12.2. The highest BCUT2D eigenvalue weighted by Gasteiger charge is 2.12. The Kier molecular flexibility index (Phi) is 4.15. The first-order chi connectivity index (χ1) is 11.6. The van der Waals surface area contributed by atoms with Gasteiger partial charge in [-0.3, -0.25) is 14.2 Å². The number of hydrogen-bond acceptors (Lipinski definition) is 3. The summed E-state index contributed by atoms with van der Waals surface area (Å²) in [6, 6.07) is 11.4. The second-order valence-corrected chi connectivity index (χ2v) is 4.87. The predicted molar refractivity (Wildman–Crippen MR) is 84.1 cm³/mol. The van der Waals surface area contributed by atoms with E-state index in [0.717, 1.165) is 16.7 Å². The molecule has 1 heterocycles. The number of nitrogens with zero attached hydrogens (tertiary/aromatic N) is 2. The molecule has 1 N–H and O–H groups in total. The van der Waals surface area contributed by atoms with Gasteiger partial charge < -0.3 is 5.32 Å². The van der Waals surface area contributed by atoms with Crippen LogP contribution in [0.15, 0.2) is 65.7 Å². The van der Waals surface area contributed by atoms with Crippen LogP contribution in [0.1, 0.15) is 10.4 Å². The van der Waals surface area contributed by atoms with Crippen molar-refractivity contribution in [3.05, 3.63) is 88.5 Å². The fourth-order valence-corrected chi connectivity index (χ4v) is 2.10. The molecule has 0 spiro atoms. The Hall–Kier alpha value is -3.35. The Balaban J connectivity index is 1.95. The summed E-state index contributed by atoms with van der Waals surface area (Å²) in [5.41, 5.74) is -0.175. The molecule has 3 aromatic rings. The van der Waals surface area contributed by atoms with Gasteiger partial charge in [-0.2, -0.15) is 0 Å². The highest BCUT2D eigenvalue weighted by molar-refractivity contribution is 6.03. The van der Waals surface area contributed by atoms with E-state index in [0.29, 0.717) is 5.56 Å². The number of carbonyl (C=O) groups excluding carboxylic acids is 1. The van der Waals surface area contributed by atoms with Crippen molar-refractivity contribution in [1.82, 2.24) is 9.55 Å². The lowest BCUT2D eigenvalue weighted by molar-refractivity contribution is 0.102. The van der Waals surface area contributed by atoms with Crippen molar-refractivity contribution in [2.24, 2.45) is 0 Å². The molecule has 1 amide bonds. The number of carbonyl (C=O) groups is 1. The molecule has 1 aromatic heterocycles. The molecule has 0 saturated heterocycles. The molecule has 2 aromatic carbocycles. The Labute approximate surface area is 135 Å². The molecule has 24 heavy (non-hydrogen) atoms. The minimum absolute atomic E-state index is 0.122. The van der Waals surface area contributed by atoms with Crippen LogP contribution in [-0.4, -0.2) is 15.5 Å². The average molecular weight is 327 g/mol. The van der Waals surface area contributed by atoms with Crippen molar-refractivity contribution in [1.29, 1.82) is 0 Å². The number of aromatic nitrogens is 2. The zero-order chi connectivity index (χ0) is 17.1. The highest BCUT2D eigenvalue weighted by atomic mass is 19.2. The van der Waals surface area contributed by atoms with Gasteiger partial charge in [0.05, 0.1) is 5.69 Å². The second kappa shape index (κ2) is 6.41. The number of halogens is 2. The maximum Gasteiger partial charge on any atom is 0.298 e. The normalized spacial score (nSPS) is 10.4. The van der Waals surface area contributed by atoms with E-state index < -0.39 is 23.1 Å². The molecule has 0 aliphatic heterocycles. The Morgan fingerprint density at radius 3 is 2.50 bits per heavy atom. The Morgan fingerprint density at radius 1 is 1.04 bits per heavy atom. The van der Waals surface area contributed by atoms with Gasteiger partial charge in [0.1, 0.15) is 0 Å². The van der Waals surface area contributed by atoms with Crippen molar-refractivity contribution in [2.75, 3.05) is 5.32 Å². The number of rotatable bonds is 3. The van der Waals surface area contributed by atoms with Crippen LogP contribution < -0.4 is 10.9 Å². The zero-order valence-electron chi connectivity index (χ0n) is 12.2. The first-order valence-electron chi connectivity index (χ1n) is 6.96. The smallest absolute Gasteiger partial charge is 0.298 e. The molecule has 0 radical (unpaired) electrons. The van der Waals surface area contributed by atoms with E-state index in [1.54, 1.807) is 30.3 Å². The van der Waals surface area contributed by atoms with Crippen LogP contribution in [0.2, 0.25) is 0 Å². The van der Waals surface area contributed by atoms with Crippen LogP contribution >= 0.6 is 0 Å². The standard InChI is InChI=1S/C17H11F2N3O2/c18-13-7-6-12(10-14(13)19)22-9-8-20-15(17(22)24)21-16(23)11-4-2-1-3-5-11/h1-10H,(H,20,21,23). The number of amides is 1. The number of nitrogens with one attached hydrogen (secondary N) is 1. The lowest BCUT2D eigenvalue weighted by Crippen LogP contribution is -2.26. The van der Waals surface area contributed by atoms with Crippen LogP contribution in [0.25, 0.3) is 5.69 Å². The molecule has 0 saturated carbocycles. The third kappa shape index (κ3) is 3.05. The summed E-state index contributed by atoms with van der Waals surface area (Å²) >= 11 is 0. The van der Waals surface area contributed by atoms with Crippen LogP contribution in [0.5, 0.6) is 0 Å². The van der Waals surface area contributed by atoms with Crippen molar-refractivity contribution >= 4 is 11.7 Å². The van der Waals surface area contributed by atoms with E-state index in [-0.39, 0.29) is 11.5 Å². The van der Waals surface area contributed by atoms with E-state index in [1.807, 2.05) is 0 Å². The van der Waals surface area contributed by atoms with Crippen LogP contribution in [0.4, 0.5) is 14.6 Å². The molecule has 0 aliphatic rings. The molecular weight excluding hydrogens is 316 g/mol. The van der Waals surface area contributed by atoms with E-state index in [9.17, 15) is 18.4 Å². The van der Waals surface area contributed by atoms with Gasteiger partial charge >= 0.3 is 0 Å². The predicted octanol–water partition coefficient (Wildman–Crippen LogP) is 2.76. The minimum atomic E-state index is -1.08. The Bertz CT molecular complexity index is 956. The van der Waals surface area contributed by atoms with Gasteiger partial charge in [0.2, 0.25) is 0 Å². The summed E-state index contributed by atoms with van der Waals surface area (Å²) in [5, 5.41) is 2.41. The lowest BCUT2D eigenvalue weighted by atomic mass is 10.2. The molecule has 0 aliphatic carbocycles. The number of benzene rings is 2. The van der Waals surface area contributed by atoms with Gasteiger partial charge in [-0.15, -0.1) is 0 Å². The van der Waals surface area contributed by atoms with Crippen molar-refractivity contribution in [2.45, 2.75) is 0 Å². The fraction of sp³-hybridized carbons (Fsp3) is 0. The first kappa shape index (κ1) is 15.5. The van der Waals surface area contributed by atoms with Crippen molar-refractivity contribution < 1.29 is 13.6 Å². The maximum atomic E-state index is 13.4. The monoisotopic (exact) mass is 327 g/mol. The summed E-state index contributed by atoms with van der Waals surface area (Å²) in [5.74, 6) is -2.80. The van der Waals surface area contributed by atoms with Gasteiger partial charge in [-0.25, -0.2) is 13.8 Å². The molecule has 0 bridgehead atoms. The number of anilines is 1. The third-order valence-corrected chi connectivity index (χ3v) is 3.29. The summed E-state index contributed by atoms with van der Waals surface area (Å²) in [6.45, 7) is 0. The molecule has 0 atom stereocenters. The van der Waals surface area contributed by atoms with E-state index in [1.165, 1.54) is 18.5 Å². The van der Waals surface area contributed by atoms with E-state index >= 15 is 0 Å². The average Bonchev–Trinajstić information content (AvgIpc) is 2.60. The molecule has 120 valence electrons. The lowest BCUT2D eigenvalue weighted by Gasteiger charge is -2.09. The summed E-state index contributed by atoms with van der Waals surface area (Å²) in [4.78, 5) is 28.3. The van der Waals surface area contributed by atoms with Gasteiger partial charge in [0, 0.05) is 24.0 Å². The quantitative estimate of drug-likeness (QED) is 0.804. The van der Waals surface area contributed by atoms with Crippen LogP contribution in [-0.2, 0) is 0 Å². The molecule has 5 nitrogen and oxygen atoms in total. The summed E-state index contributed by atoms with van der Waals surface area (Å²) < 4.78 is 27.4. The largest absolute Gasteiger partial charge is 0.302 e. The second-order valence-electron chi connectivity index (χ2n) is 4.87. The van der Waals surface area contributed by atoms with Gasteiger partial charge in [0.25, 0.3) is 11.5 Å². The summed E-state index contributed by atoms with van der Waals surface area (Å²) in [6.07, 6.45) is 2.58. The van der Waals surface area contributed by atoms with Gasteiger partial charge in [-0.05, 0) is 24.3 Å². The van der Waals surface area contributed by atoms with Crippen LogP contribution in [0.3, 0.4) is 0 Å². The number of hydrogen-bond donors (Lipinski definition) is 1. The van der Waals surface area contributed by atoms with Crippen molar-refractivity contribution in [3.63, 3.8) is 0 Å². The molecule has 0 unspecified atom stereocenters. The molecule has 3 rings (SSSR count). The molecule has 7 heteroatoms. The van der Waals surface area contributed by atoms with Gasteiger partial charge in [0.15, 0.2) is 17.5 Å². The van der Waals surface area contributed by atoms with Crippen molar-refractivity contribution in [3.8, 4) is 5.69 Å². The first-order valence-corrected chi connectivity index (χ1v) is 6.96. The maximum absolute atomic E-state index is 13.4. The SMILES string of the molecule is O=C(Nc1nccn(-c2ccc(F)c(F)c2)c1=O)c1ccccc1. The molecular formula is C17H11F2N3O2. The third-order valence-electron chi connectivity index (χ3n) is 3.29.